The molecule has 1 rings (SSSR count). The second-order valence-corrected chi connectivity index (χ2v) is 8.36. The topological polar surface area (TPSA) is 200 Å². The van der Waals surface area contributed by atoms with Gasteiger partial charge in [-0.3, -0.25) is 19.2 Å². The highest BCUT2D eigenvalue weighted by Crippen LogP contribution is 2.12. The van der Waals surface area contributed by atoms with Crippen molar-refractivity contribution in [2.24, 2.45) is 11.7 Å². The summed E-state index contributed by atoms with van der Waals surface area (Å²) >= 11 is 0. The Morgan fingerprint density at radius 2 is 1.70 bits per heavy atom. The molecule has 8 N–H and O–H groups in total. The Morgan fingerprint density at radius 3 is 2.21 bits per heavy atom. The van der Waals surface area contributed by atoms with Gasteiger partial charge in [-0.15, -0.1) is 0 Å². The number of carboxylic acid groups (broad SMARTS) is 2. The van der Waals surface area contributed by atoms with Gasteiger partial charge in [-0.25, -0.2) is 4.79 Å². The van der Waals surface area contributed by atoms with Crippen LogP contribution in [0.5, 0.6) is 0 Å². The molecular formula is C21H37N5O7. The van der Waals surface area contributed by atoms with Crippen molar-refractivity contribution in [3.05, 3.63) is 0 Å². The van der Waals surface area contributed by atoms with Crippen LogP contribution in [0.2, 0.25) is 0 Å². The molecule has 12 nitrogen and oxygen atoms in total. The molecule has 1 aliphatic rings. The first kappa shape index (κ1) is 28.3. The summed E-state index contributed by atoms with van der Waals surface area (Å²) < 4.78 is 0. The summed E-state index contributed by atoms with van der Waals surface area (Å²) in [6.07, 6.45) is 2.45. The predicted octanol–water partition coefficient (Wildman–Crippen LogP) is -1.07. The number of rotatable bonds is 15. The van der Waals surface area contributed by atoms with Crippen molar-refractivity contribution < 1.29 is 34.2 Å². The largest absolute Gasteiger partial charge is 0.481 e. The van der Waals surface area contributed by atoms with Crippen molar-refractivity contribution in [2.75, 3.05) is 13.1 Å². The average Bonchev–Trinajstić information content (AvgIpc) is 3.30. The molecule has 1 heterocycles. The van der Waals surface area contributed by atoms with Crippen LogP contribution >= 0.6 is 0 Å². The van der Waals surface area contributed by atoms with Gasteiger partial charge in [-0.05, 0) is 51.1 Å². The highest BCUT2D eigenvalue weighted by atomic mass is 16.4. The van der Waals surface area contributed by atoms with Crippen LogP contribution in [0, 0.1) is 5.92 Å². The van der Waals surface area contributed by atoms with Gasteiger partial charge in [0.1, 0.15) is 18.1 Å². The van der Waals surface area contributed by atoms with E-state index in [1.807, 2.05) is 6.92 Å². The molecule has 0 bridgehead atoms. The summed E-state index contributed by atoms with van der Waals surface area (Å²) in [5, 5.41) is 29.0. The normalized spacial score (nSPS) is 19.1. The second kappa shape index (κ2) is 14.4. The van der Waals surface area contributed by atoms with E-state index < -0.39 is 54.3 Å². The predicted molar refractivity (Wildman–Crippen MR) is 119 cm³/mol. The van der Waals surface area contributed by atoms with Crippen LogP contribution in [0.25, 0.3) is 0 Å². The molecule has 0 saturated carbocycles. The van der Waals surface area contributed by atoms with Crippen LogP contribution in [-0.2, 0) is 24.0 Å². The standard InChI is InChI=1S/C21H37N5O7/c1-3-12(2)17(26-18(29)13-8-6-10-23-13)20(31)25-15(11-16(27)28)19(30)24-14(21(32)33)7-4-5-9-22/h12-15,17,23H,3-11,22H2,1-2H3,(H,24,30)(H,25,31)(H,26,29)(H,27,28)(H,32,33). The first-order valence-electron chi connectivity index (χ1n) is 11.4. The molecule has 0 aromatic carbocycles. The molecule has 12 heteroatoms. The van der Waals surface area contributed by atoms with Gasteiger partial charge in [0.05, 0.1) is 12.5 Å². The van der Waals surface area contributed by atoms with Gasteiger partial charge < -0.3 is 37.2 Å². The molecule has 33 heavy (non-hydrogen) atoms. The van der Waals surface area contributed by atoms with E-state index in [0.29, 0.717) is 38.8 Å². The number of hydrogen-bond donors (Lipinski definition) is 7. The minimum absolute atomic E-state index is 0.117. The SMILES string of the molecule is CCC(C)C(NC(=O)C1CCCN1)C(=O)NC(CC(=O)O)C(=O)NC(CCCCN)C(=O)O. The summed E-state index contributed by atoms with van der Waals surface area (Å²) in [6.45, 7) is 4.67. The van der Waals surface area contributed by atoms with E-state index in [1.54, 1.807) is 6.92 Å². The minimum Gasteiger partial charge on any atom is -0.481 e. The zero-order valence-electron chi connectivity index (χ0n) is 19.3. The molecule has 0 spiro atoms. The Morgan fingerprint density at radius 1 is 1.03 bits per heavy atom. The number of nitrogens with two attached hydrogens (primary N) is 1. The van der Waals surface area contributed by atoms with Crippen LogP contribution in [0.3, 0.4) is 0 Å². The molecule has 1 fully saturated rings. The molecular weight excluding hydrogens is 434 g/mol. The first-order valence-corrected chi connectivity index (χ1v) is 11.4. The van der Waals surface area contributed by atoms with Gasteiger partial charge in [0.25, 0.3) is 0 Å². The van der Waals surface area contributed by atoms with Crippen LogP contribution in [0.15, 0.2) is 0 Å². The minimum atomic E-state index is -1.50. The number of nitrogens with one attached hydrogen (secondary N) is 4. The van der Waals surface area contributed by atoms with Gasteiger partial charge in [0.2, 0.25) is 17.7 Å². The molecule has 0 aliphatic carbocycles. The number of amides is 3. The lowest BCUT2D eigenvalue weighted by molar-refractivity contribution is -0.144. The van der Waals surface area contributed by atoms with E-state index in [0.717, 1.165) is 6.42 Å². The summed E-state index contributed by atoms with van der Waals surface area (Å²) in [5.74, 6) is -4.85. The van der Waals surface area contributed by atoms with Crippen LogP contribution in [-0.4, -0.2) is 77.1 Å². The van der Waals surface area contributed by atoms with Crippen molar-refractivity contribution in [1.82, 2.24) is 21.3 Å². The number of unbranched alkanes of at least 4 members (excludes halogenated alkanes) is 1. The van der Waals surface area contributed by atoms with Gasteiger partial charge in [-0.2, -0.15) is 0 Å². The van der Waals surface area contributed by atoms with Gasteiger partial charge >= 0.3 is 11.9 Å². The highest BCUT2D eigenvalue weighted by molar-refractivity contribution is 5.95. The number of carbonyl (C=O) groups excluding carboxylic acids is 3. The van der Waals surface area contributed by atoms with Crippen molar-refractivity contribution in [3.63, 3.8) is 0 Å². The van der Waals surface area contributed by atoms with Gasteiger partial charge in [-0.1, -0.05) is 20.3 Å². The summed E-state index contributed by atoms with van der Waals surface area (Å²) in [5.41, 5.74) is 5.41. The van der Waals surface area contributed by atoms with E-state index in [1.165, 1.54) is 0 Å². The molecule has 3 amide bonds. The number of carboxylic acids is 2. The molecule has 188 valence electrons. The van der Waals surface area contributed by atoms with Crippen LogP contribution in [0.4, 0.5) is 0 Å². The molecule has 1 saturated heterocycles. The average molecular weight is 472 g/mol. The Hall–Kier alpha value is -2.73. The summed E-state index contributed by atoms with van der Waals surface area (Å²) in [4.78, 5) is 60.9. The summed E-state index contributed by atoms with van der Waals surface area (Å²) in [6, 6.07) is -4.13. The number of carbonyl (C=O) groups is 5. The Labute approximate surface area is 193 Å². The van der Waals surface area contributed by atoms with E-state index in [9.17, 15) is 34.2 Å². The fraction of sp³-hybridized carbons (Fsp3) is 0.762. The lowest BCUT2D eigenvalue weighted by Gasteiger charge is -2.27. The lowest BCUT2D eigenvalue weighted by Crippen LogP contribution is -2.58. The van der Waals surface area contributed by atoms with Crippen molar-refractivity contribution in [3.8, 4) is 0 Å². The molecule has 0 radical (unpaired) electrons. The maximum Gasteiger partial charge on any atom is 0.326 e. The van der Waals surface area contributed by atoms with E-state index in [2.05, 4.69) is 21.3 Å². The van der Waals surface area contributed by atoms with Crippen LogP contribution < -0.4 is 27.0 Å². The zero-order valence-corrected chi connectivity index (χ0v) is 19.3. The zero-order chi connectivity index (χ0) is 25.0. The molecule has 0 aromatic heterocycles. The number of aliphatic carboxylic acids is 2. The smallest absolute Gasteiger partial charge is 0.326 e. The van der Waals surface area contributed by atoms with E-state index >= 15 is 0 Å². The van der Waals surface area contributed by atoms with Gasteiger partial charge in [0.15, 0.2) is 0 Å². The highest BCUT2D eigenvalue weighted by Gasteiger charge is 2.34. The third-order valence-electron chi connectivity index (χ3n) is 5.74. The Balaban J connectivity index is 2.91. The Bertz CT molecular complexity index is 696. The fourth-order valence-electron chi connectivity index (χ4n) is 3.53. The molecule has 0 aromatic rings. The van der Waals surface area contributed by atoms with Crippen molar-refractivity contribution >= 4 is 29.7 Å². The summed E-state index contributed by atoms with van der Waals surface area (Å²) in [7, 11) is 0. The van der Waals surface area contributed by atoms with Crippen LogP contribution in [0.1, 0.15) is 58.8 Å². The van der Waals surface area contributed by atoms with E-state index in [4.69, 9.17) is 5.73 Å². The molecule has 5 unspecified atom stereocenters. The van der Waals surface area contributed by atoms with Crippen molar-refractivity contribution in [1.29, 1.82) is 0 Å². The third kappa shape index (κ3) is 9.74. The first-order chi connectivity index (χ1) is 15.6. The maximum atomic E-state index is 13.0. The number of hydrogen-bond acceptors (Lipinski definition) is 7. The fourth-order valence-corrected chi connectivity index (χ4v) is 3.53. The molecule has 1 aliphatic heterocycles. The third-order valence-corrected chi connectivity index (χ3v) is 5.74. The van der Waals surface area contributed by atoms with Gasteiger partial charge in [0, 0.05) is 0 Å². The monoisotopic (exact) mass is 471 g/mol. The van der Waals surface area contributed by atoms with Crippen molar-refractivity contribution in [2.45, 2.75) is 83.0 Å². The maximum absolute atomic E-state index is 13.0. The second-order valence-electron chi connectivity index (χ2n) is 8.36. The molecule has 5 atom stereocenters. The lowest BCUT2D eigenvalue weighted by atomic mass is 9.97. The Kier molecular flexibility index (Phi) is 12.4. The van der Waals surface area contributed by atoms with E-state index in [-0.39, 0.29) is 18.2 Å². The quantitative estimate of drug-likeness (QED) is 0.145.